The van der Waals surface area contributed by atoms with E-state index in [4.69, 9.17) is 0 Å². The number of carbonyl (C=O) groups excluding carboxylic acids is 1. The minimum Gasteiger partial charge on any atom is -0.348 e. The molecule has 0 bridgehead atoms. The van der Waals surface area contributed by atoms with Crippen LogP contribution in [0.5, 0.6) is 0 Å². The first-order valence-electron chi connectivity index (χ1n) is 7.12. The van der Waals surface area contributed by atoms with E-state index in [2.05, 4.69) is 33.2 Å². The van der Waals surface area contributed by atoms with Crippen molar-refractivity contribution in [3.8, 4) is 0 Å². The summed E-state index contributed by atoms with van der Waals surface area (Å²) in [7, 11) is 0. The molecule has 1 aliphatic rings. The molecule has 1 saturated carbocycles. The zero-order chi connectivity index (χ0) is 13.7. The zero-order valence-electron chi connectivity index (χ0n) is 11.4. The van der Waals surface area contributed by atoms with E-state index in [1.54, 1.807) is 6.07 Å². The summed E-state index contributed by atoms with van der Waals surface area (Å²) in [5.74, 6) is 0.808. The average molecular weight is 325 g/mol. The Hall–Kier alpha value is -0.900. The molecule has 2 rings (SSSR count). The molecule has 1 aliphatic carbocycles. The number of halogens is 1. The number of carbonyl (C=O) groups is 1. The zero-order valence-corrected chi connectivity index (χ0v) is 12.9. The number of hydrogen-bond acceptors (Lipinski definition) is 2. The number of nitrogens with zero attached hydrogens (tertiary/aromatic N) is 1. The Morgan fingerprint density at radius 3 is 2.74 bits per heavy atom. The smallest absolute Gasteiger partial charge is 0.270 e. The summed E-state index contributed by atoms with van der Waals surface area (Å²) in [6.07, 6.45) is 7.28. The first-order valence-corrected chi connectivity index (χ1v) is 7.91. The lowest BCUT2D eigenvalue weighted by atomic mass is 9.83. The molecule has 1 aromatic heterocycles. The lowest BCUT2D eigenvalue weighted by molar-refractivity contribution is 0.0916. The van der Waals surface area contributed by atoms with Crippen molar-refractivity contribution < 1.29 is 4.79 Å². The van der Waals surface area contributed by atoms with Gasteiger partial charge in [0, 0.05) is 6.04 Å². The van der Waals surface area contributed by atoms with Crippen LogP contribution < -0.4 is 5.32 Å². The Kier molecular flexibility index (Phi) is 5.37. The second-order valence-electron chi connectivity index (χ2n) is 5.33. The molecule has 0 unspecified atom stereocenters. The second-order valence-corrected chi connectivity index (χ2v) is 6.14. The average Bonchev–Trinajstić information content (AvgIpc) is 2.41. The van der Waals surface area contributed by atoms with E-state index in [0.29, 0.717) is 16.3 Å². The van der Waals surface area contributed by atoms with Crippen LogP contribution in [0.1, 0.15) is 55.9 Å². The summed E-state index contributed by atoms with van der Waals surface area (Å²) in [4.78, 5) is 16.3. The van der Waals surface area contributed by atoms with Gasteiger partial charge < -0.3 is 5.32 Å². The van der Waals surface area contributed by atoms with Gasteiger partial charge in [0.1, 0.15) is 10.3 Å². The third-order valence-corrected chi connectivity index (χ3v) is 4.27. The SMILES string of the molecule is CCCC1CCC(NC(=O)c2cccc(Br)n2)CC1. The highest BCUT2D eigenvalue weighted by molar-refractivity contribution is 9.10. The summed E-state index contributed by atoms with van der Waals surface area (Å²) in [5.41, 5.74) is 0.491. The third kappa shape index (κ3) is 4.30. The first kappa shape index (κ1) is 14.5. The molecule has 19 heavy (non-hydrogen) atoms. The van der Waals surface area contributed by atoms with Crippen molar-refractivity contribution in [2.45, 2.75) is 51.5 Å². The van der Waals surface area contributed by atoms with E-state index in [0.717, 1.165) is 18.8 Å². The molecule has 0 saturated heterocycles. The van der Waals surface area contributed by atoms with Gasteiger partial charge >= 0.3 is 0 Å². The van der Waals surface area contributed by atoms with Gasteiger partial charge in [0.25, 0.3) is 5.91 Å². The van der Waals surface area contributed by atoms with Crippen LogP contribution in [0.2, 0.25) is 0 Å². The van der Waals surface area contributed by atoms with Crippen LogP contribution in [0, 0.1) is 5.92 Å². The molecule has 1 aromatic rings. The minimum atomic E-state index is -0.0553. The van der Waals surface area contributed by atoms with E-state index < -0.39 is 0 Å². The normalized spacial score (nSPS) is 23.1. The minimum absolute atomic E-state index is 0.0553. The molecule has 1 fully saturated rings. The molecule has 0 spiro atoms. The van der Waals surface area contributed by atoms with Crippen LogP contribution in [0.15, 0.2) is 22.8 Å². The maximum atomic E-state index is 12.1. The van der Waals surface area contributed by atoms with Crippen LogP contribution in [0.25, 0.3) is 0 Å². The van der Waals surface area contributed by atoms with Crippen molar-refractivity contribution in [2.24, 2.45) is 5.92 Å². The van der Waals surface area contributed by atoms with Gasteiger partial charge in [-0.1, -0.05) is 25.8 Å². The number of nitrogens with one attached hydrogen (secondary N) is 1. The molecular formula is C15H21BrN2O. The van der Waals surface area contributed by atoms with Gasteiger partial charge in [-0.25, -0.2) is 4.98 Å². The molecule has 0 aliphatic heterocycles. The maximum absolute atomic E-state index is 12.1. The molecular weight excluding hydrogens is 304 g/mol. The molecule has 1 amide bonds. The molecule has 1 heterocycles. The van der Waals surface area contributed by atoms with Gasteiger partial charge in [0.05, 0.1) is 0 Å². The van der Waals surface area contributed by atoms with Gasteiger partial charge in [0.15, 0.2) is 0 Å². The number of aromatic nitrogens is 1. The van der Waals surface area contributed by atoms with Crippen molar-refractivity contribution in [1.82, 2.24) is 10.3 Å². The van der Waals surface area contributed by atoms with Gasteiger partial charge in [-0.3, -0.25) is 4.79 Å². The quantitative estimate of drug-likeness (QED) is 0.852. The fourth-order valence-corrected chi connectivity index (χ4v) is 3.14. The van der Waals surface area contributed by atoms with Gasteiger partial charge in [-0.2, -0.15) is 0 Å². The highest BCUT2D eigenvalue weighted by Crippen LogP contribution is 2.27. The van der Waals surface area contributed by atoms with E-state index in [1.807, 2.05) is 12.1 Å². The molecule has 3 nitrogen and oxygen atoms in total. The Labute approximate surface area is 123 Å². The number of pyridine rings is 1. The van der Waals surface area contributed by atoms with Crippen molar-refractivity contribution in [3.05, 3.63) is 28.5 Å². The number of amides is 1. The van der Waals surface area contributed by atoms with Crippen molar-refractivity contribution in [1.29, 1.82) is 0 Å². The lowest BCUT2D eigenvalue weighted by Gasteiger charge is -2.28. The molecule has 0 atom stereocenters. The standard InChI is InChI=1S/C15H21BrN2O/c1-2-4-11-7-9-12(10-8-11)17-15(19)13-5-3-6-14(16)18-13/h3,5-6,11-12H,2,4,7-10H2,1H3,(H,17,19). The van der Waals surface area contributed by atoms with Crippen LogP contribution in [0.3, 0.4) is 0 Å². The summed E-state index contributed by atoms with van der Waals surface area (Å²) >= 11 is 3.29. The third-order valence-electron chi connectivity index (χ3n) is 3.83. The fraction of sp³-hybridized carbons (Fsp3) is 0.600. The van der Waals surface area contributed by atoms with Crippen LogP contribution in [-0.2, 0) is 0 Å². The topological polar surface area (TPSA) is 42.0 Å². The molecule has 0 radical (unpaired) electrons. The van der Waals surface area contributed by atoms with Crippen LogP contribution >= 0.6 is 15.9 Å². The Morgan fingerprint density at radius 1 is 1.37 bits per heavy atom. The van der Waals surface area contributed by atoms with E-state index in [-0.39, 0.29) is 5.91 Å². The Bertz CT molecular complexity index is 428. The lowest BCUT2D eigenvalue weighted by Crippen LogP contribution is -2.38. The molecule has 1 N–H and O–H groups in total. The van der Waals surface area contributed by atoms with E-state index in [1.165, 1.54) is 25.7 Å². The summed E-state index contributed by atoms with van der Waals surface area (Å²) < 4.78 is 0.701. The first-order chi connectivity index (χ1) is 9.19. The van der Waals surface area contributed by atoms with Crippen molar-refractivity contribution in [3.63, 3.8) is 0 Å². The molecule has 0 aromatic carbocycles. The predicted molar refractivity (Wildman–Crippen MR) is 80.1 cm³/mol. The molecule has 104 valence electrons. The van der Waals surface area contributed by atoms with Crippen LogP contribution in [-0.4, -0.2) is 16.9 Å². The Morgan fingerprint density at radius 2 is 2.11 bits per heavy atom. The maximum Gasteiger partial charge on any atom is 0.270 e. The highest BCUT2D eigenvalue weighted by atomic mass is 79.9. The summed E-state index contributed by atoms with van der Waals surface area (Å²) in [6.45, 7) is 2.24. The summed E-state index contributed by atoms with van der Waals surface area (Å²) in [6, 6.07) is 5.74. The van der Waals surface area contributed by atoms with Gasteiger partial charge in [0.2, 0.25) is 0 Å². The highest BCUT2D eigenvalue weighted by Gasteiger charge is 2.22. The fourth-order valence-electron chi connectivity index (χ4n) is 2.80. The second kappa shape index (κ2) is 7.04. The predicted octanol–water partition coefficient (Wildman–Crippen LogP) is 3.93. The summed E-state index contributed by atoms with van der Waals surface area (Å²) in [5, 5.41) is 3.10. The van der Waals surface area contributed by atoms with Gasteiger partial charge in [-0.05, 0) is 59.7 Å². The van der Waals surface area contributed by atoms with Crippen LogP contribution in [0.4, 0.5) is 0 Å². The number of hydrogen-bond donors (Lipinski definition) is 1. The van der Waals surface area contributed by atoms with E-state index >= 15 is 0 Å². The molecule has 4 heteroatoms. The number of rotatable bonds is 4. The largest absolute Gasteiger partial charge is 0.348 e. The van der Waals surface area contributed by atoms with Gasteiger partial charge in [-0.15, -0.1) is 0 Å². The van der Waals surface area contributed by atoms with Crippen molar-refractivity contribution in [2.75, 3.05) is 0 Å². The van der Waals surface area contributed by atoms with Crippen molar-refractivity contribution >= 4 is 21.8 Å². The monoisotopic (exact) mass is 324 g/mol. The Balaban J connectivity index is 1.84. The van der Waals surface area contributed by atoms with E-state index in [9.17, 15) is 4.79 Å².